The molecule has 12 heavy (non-hydrogen) atoms. The first kappa shape index (κ1) is 9.96. The lowest BCUT2D eigenvalue weighted by Crippen LogP contribution is -2.40. The molecule has 2 unspecified atom stereocenters. The van der Waals surface area contributed by atoms with E-state index in [1.807, 2.05) is 20.8 Å². The van der Waals surface area contributed by atoms with Gasteiger partial charge in [-0.25, -0.2) is 0 Å². The van der Waals surface area contributed by atoms with Crippen LogP contribution in [-0.4, -0.2) is 24.7 Å². The molecule has 0 amide bonds. The van der Waals surface area contributed by atoms with Crippen LogP contribution < -0.4 is 10.8 Å². The number of hydrogen-bond donors (Lipinski definition) is 2. The van der Waals surface area contributed by atoms with Crippen LogP contribution in [0.2, 0.25) is 0 Å². The summed E-state index contributed by atoms with van der Waals surface area (Å²) in [5, 5.41) is 3.32. The number of rotatable bonds is 2. The van der Waals surface area contributed by atoms with Gasteiger partial charge in [-0.05, 0) is 33.2 Å². The molecule has 0 radical (unpaired) electrons. The summed E-state index contributed by atoms with van der Waals surface area (Å²) in [5.41, 5.74) is 3.01. The third-order valence-corrected chi connectivity index (χ3v) is 2.03. The van der Waals surface area contributed by atoms with Gasteiger partial charge in [0, 0.05) is 12.6 Å². The van der Waals surface area contributed by atoms with E-state index in [2.05, 4.69) is 17.7 Å². The molecule has 0 aromatic heterocycles. The van der Waals surface area contributed by atoms with Crippen LogP contribution in [0.3, 0.4) is 0 Å². The molecule has 0 spiro atoms. The summed E-state index contributed by atoms with van der Waals surface area (Å²) in [6, 6.07) is 0.462. The van der Waals surface area contributed by atoms with E-state index >= 15 is 0 Å². The Kier molecular flexibility index (Phi) is 3.09. The lowest BCUT2D eigenvalue weighted by Gasteiger charge is -2.24. The molecule has 1 fully saturated rings. The molecule has 72 valence electrons. The van der Waals surface area contributed by atoms with Gasteiger partial charge in [0.05, 0.1) is 5.60 Å². The minimum atomic E-state index is -0.0949. The highest BCUT2D eigenvalue weighted by Gasteiger charge is 2.24. The third kappa shape index (κ3) is 3.09. The van der Waals surface area contributed by atoms with Gasteiger partial charge in [-0.3, -0.25) is 4.84 Å². The van der Waals surface area contributed by atoms with Crippen LogP contribution in [0.1, 0.15) is 27.7 Å². The van der Waals surface area contributed by atoms with Gasteiger partial charge >= 0.3 is 0 Å². The Labute approximate surface area is 74.8 Å². The van der Waals surface area contributed by atoms with Gasteiger partial charge in [-0.1, -0.05) is 6.92 Å². The number of nitrogens with one attached hydrogen (secondary N) is 2. The average molecular weight is 172 g/mol. The maximum Gasteiger partial charge on any atom is 0.0813 e. The second kappa shape index (κ2) is 3.73. The van der Waals surface area contributed by atoms with Crippen molar-refractivity contribution in [2.75, 3.05) is 13.1 Å². The summed E-state index contributed by atoms with van der Waals surface area (Å²) >= 11 is 0. The fourth-order valence-electron chi connectivity index (χ4n) is 1.22. The first-order valence-corrected chi connectivity index (χ1v) is 4.63. The molecule has 0 saturated carbocycles. The smallest absolute Gasteiger partial charge is 0.0813 e. The van der Waals surface area contributed by atoms with Crippen molar-refractivity contribution in [3.05, 3.63) is 0 Å². The standard InChI is InChI=1S/C9H20N2O/c1-7-5-10-6-8(7)11-12-9(2,3)4/h7-8,10-11H,5-6H2,1-4H3. The average Bonchev–Trinajstić information content (AvgIpc) is 2.29. The number of hydroxylamine groups is 1. The highest BCUT2D eigenvalue weighted by atomic mass is 16.7. The SMILES string of the molecule is CC1CNCC1NOC(C)(C)C. The van der Waals surface area contributed by atoms with Crippen LogP contribution in [0.25, 0.3) is 0 Å². The maximum atomic E-state index is 5.49. The third-order valence-electron chi connectivity index (χ3n) is 2.03. The molecule has 2 N–H and O–H groups in total. The van der Waals surface area contributed by atoms with Gasteiger partial charge in [-0.2, -0.15) is 5.48 Å². The number of hydrogen-bond acceptors (Lipinski definition) is 3. The second-order valence-electron chi connectivity index (χ2n) is 4.57. The van der Waals surface area contributed by atoms with Crippen LogP contribution in [0.5, 0.6) is 0 Å². The Hall–Kier alpha value is -0.120. The lowest BCUT2D eigenvalue weighted by atomic mass is 10.1. The first-order chi connectivity index (χ1) is 5.49. The molecule has 0 aromatic carbocycles. The van der Waals surface area contributed by atoms with E-state index in [1.165, 1.54) is 0 Å². The van der Waals surface area contributed by atoms with E-state index in [1.54, 1.807) is 0 Å². The Balaban J connectivity index is 2.23. The van der Waals surface area contributed by atoms with E-state index < -0.39 is 0 Å². The molecule has 0 bridgehead atoms. The van der Waals surface area contributed by atoms with Gasteiger partial charge in [-0.15, -0.1) is 0 Å². The lowest BCUT2D eigenvalue weighted by molar-refractivity contribution is -0.0901. The van der Waals surface area contributed by atoms with Gasteiger partial charge in [0.15, 0.2) is 0 Å². The molecular weight excluding hydrogens is 152 g/mol. The summed E-state index contributed by atoms with van der Waals surface area (Å²) in [6.45, 7) is 10.5. The fraction of sp³-hybridized carbons (Fsp3) is 1.00. The minimum Gasteiger partial charge on any atom is -0.315 e. The molecule has 0 aliphatic carbocycles. The van der Waals surface area contributed by atoms with Crippen LogP contribution in [0, 0.1) is 5.92 Å². The Morgan fingerprint density at radius 1 is 1.33 bits per heavy atom. The van der Waals surface area contributed by atoms with Gasteiger partial charge in [0.2, 0.25) is 0 Å². The monoisotopic (exact) mass is 172 g/mol. The molecule has 3 heteroatoms. The predicted molar refractivity (Wildman–Crippen MR) is 49.8 cm³/mol. The molecule has 2 atom stereocenters. The van der Waals surface area contributed by atoms with Crippen molar-refractivity contribution in [3.63, 3.8) is 0 Å². The van der Waals surface area contributed by atoms with Crippen molar-refractivity contribution in [3.8, 4) is 0 Å². The van der Waals surface area contributed by atoms with Crippen LogP contribution in [0.4, 0.5) is 0 Å². The van der Waals surface area contributed by atoms with E-state index in [-0.39, 0.29) is 5.60 Å². The van der Waals surface area contributed by atoms with Crippen molar-refractivity contribution in [2.24, 2.45) is 5.92 Å². The van der Waals surface area contributed by atoms with Crippen molar-refractivity contribution < 1.29 is 4.84 Å². The fourth-order valence-corrected chi connectivity index (χ4v) is 1.22. The normalized spacial score (nSPS) is 31.0. The van der Waals surface area contributed by atoms with Crippen LogP contribution in [-0.2, 0) is 4.84 Å². The Morgan fingerprint density at radius 2 is 2.00 bits per heavy atom. The zero-order valence-corrected chi connectivity index (χ0v) is 8.48. The van der Waals surface area contributed by atoms with Crippen molar-refractivity contribution in [1.82, 2.24) is 10.8 Å². The topological polar surface area (TPSA) is 33.3 Å². The van der Waals surface area contributed by atoms with E-state index in [9.17, 15) is 0 Å². The zero-order chi connectivity index (χ0) is 9.19. The van der Waals surface area contributed by atoms with Crippen LogP contribution in [0.15, 0.2) is 0 Å². The quantitative estimate of drug-likeness (QED) is 0.608. The highest BCUT2D eigenvalue weighted by molar-refractivity contribution is 4.81. The van der Waals surface area contributed by atoms with Gasteiger partial charge < -0.3 is 5.32 Å². The van der Waals surface area contributed by atoms with Crippen molar-refractivity contribution in [2.45, 2.75) is 39.3 Å². The molecule has 1 saturated heterocycles. The summed E-state index contributed by atoms with van der Waals surface area (Å²) < 4.78 is 0. The highest BCUT2D eigenvalue weighted by Crippen LogP contribution is 2.10. The summed E-state index contributed by atoms with van der Waals surface area (Å²) in [4.78, 5) is 5.49. The largest absolute Gasteiger partial charge is 0.315 e. The van der Waals surface area contributed by atoms with Crippen molar-refractivity contribution in [1.29, 1.82) is 0 Å². The maximum absolute atomic E-state index is 5.49. The summed E-state index contributed by atoms with van der Waals surface area (Å²) in [7, 11) is 0. The molecule has 1 aliphatic rings. The van der Waals surface area contributed by atoms with Gasteiger partial charge in [0.1, 0.15) is 0 Å². The molecule has 1 rings (SSSR count). The van der Waals surface area contributed by atoms with Gasteiger partial charge in [0.25, 0.3) is 0 Å². The molecular formula is C9H20N2O. The Morgan fingerprint density at radius 3 is 2.42 bits per heavy atom. The molecule has 0 aromatic rings. The minimum absolute atomic E-state index is 0.0949. The Bertz CT molecular complexity index is 142. The zero-order valence-electron chi connectivity index (χ0n) is 8.48. The van der Waals surface area contributed by atoms with E-state index in [4.69, 9.17) is 4.84 Å². The summed E-state index contributed by atoms with van der Waals surface area (Å²) in [5.74, 6) is 0.660. The van der Waals surface area contributed by atoms with Crippen molar-refractivity contribution >= 4 is 0 Å². The van der Waals surface area contributed by atoms with E-state index in [0.29, 0.717) is 12.0 Å². The van der Waals surface area contributed by atoms with Crippen LogP contribution >= 0.6 is 0 Å². The molecule has 3 nitrogen and oxygen atoms in total. The molecule has 1 aliphatic heterocycles. The summed E-state index contributed by atoms with van der Waals surface area (Å²) in [6.07, 6.45) is 0. The molecule has 1 heterocycles. The first-order valence-electron chi connectivity index (χ1n) is 4.63. The van der Waals surface area contributed by atoms with E-state index in [0.717, 1.165) is 13.1 Å². The second-order valence-corrected chi connectivity index (χ2v) is 4.57. The predicted octanol–water partition coefficient (Wildman–Crippen LogP) is 0.914.